The molecule has 9 rings (SSSR count). The lowest BCUT2D eigenvalue weighted by molar-refractivity contribution is -0.142. The van der Waals surface area contributed by atoms with E-state index in [4.69, 9.17) is 29.5 Å². The zero-order valence-electron chi connectivity index (χ0n) is 58.4. The van der Waals surface area contributed by atoms with Crippen molar-refractivity contribution in [3.63, 3.8) is 0 Å². The van der Waals surface area contributed by atoms with E-state index in [9.17, 15) is 14.4 Å². The molecule has 3 N–H and O–H groups in total. The molecular formula is C90H174O9. The summed E-state index contributed by atoms with van der Waals surface area (Å²) >= 11 is 0. The van der Waals surface area contributed by atoms with Crippen LogP contribution in [-0.4, -0.2) is 72.9 Å². The van der Waals surface area contributed by atoms with E-state index in [1.807, 2.05) is 0 Å². The number of rotatable bonds is 27. The van der Waals surface area contributed by atoms with Gasteiger partial charge in [-0.2, -0.15) is 0 Å². The van der Waals surface area contributed by atoms with Gasteiger partial charge in [-0.25, -0.2) is 14.4 Å². The predicted molar refractivity (Wildman–Crippen MR) is 430 cm³/mol. The summed E-state index contributed by atoms with van der Waals surface area (Å²) in [6.45, 7) is 18.2. The Morgan fingerprint density at radius 3 is 0.455 bits per heavy atom. The standard InChI is InChI=1S/C34H58O3.C27H46O3.C20H34O3.9CH4/c1-3-26-4-6-27(7-5-26)20-28-8-10-29(11-9-28)21-30-12-14-31(15-13-30)22-32-16-18-33(19-17-32)24-37-34(36)25(2)23-35;1-3-21-4-6-22(7-5-21)16-23-8-10-24(11-9-23)17-25-12-14-26(15-13-25)19-30-27(29)20(2)18-28;1-3-16-4-6-17(7-5-16)12-18-8-10-19(11-9-18)14-23-20(22)15(2)13-21;;;;;;;;;/h26-33,35H,2-24H2,1H3;21-26,28H,2-19H2,1H3;16-19,21H,2-14H2,1H3;9*1H4. The Hall–Kier alpha value is -2.49. The number of aliphatic hydroxyl groups excluding tert-OH is 3. The summed E-state index contributed by atoms with van der Waals surface area (Å²) in [6, 6.07) is 0. The summed E-state index contributed by atoms with van der Waals surface area (Å²) in [5.41, 5.74) is 0.478. The molecule has 0 heterocycles. The molecule has 0 aliphatic heterocycles. The van der Waals surface area contributed by atoms with Gasteiger partial charge in [0.25, 0.3) is 0 Å². The SMILES string of the molecule is C.C.C.C.C.C.C.C.C.C=C(CO)C(=O)OCC1CCC(CC2CCC(CC)CC2)CC1.C=C(CO)C(=O)OCC1CCC(CC2CCC(CC3CCC(CC)CC3)CC2)CC1.C=C(CO)C(=O)OCC1CCC(CC2CCC(CC3CCC(CC4CCC(CC)CC4)CC3)CC2)CC1. The van der Waals surface area contributed by atoms with Gasteiger partial charge >= 0.3 is 17.9 Å². The first kappa shape index (κ1) is 101. The highest BCUT2D eigenvalue weighted by Crippen LogP contribution is 2.46. The van der Waals surface area contributed by atoms with Crippen LogP contribution in [0.25, 0.3) is 0 Å². The third-order valence-electron chi connectivity index (χ3n) is 26.2. The average molecular weight is 1400 g/mol. The Balaban J connectivity index is -0.00000137. The van der Waals surface area contributed by atoms with Gasteiger partial charge in [0.05, 0.1) is 56.4 Å². The van der Waals surface area contributed by atoms with Crippen molar-refractivity contribution < 1.29 is 43.9 Å². The molecule has 0 radical (unpaired) electrons. The monoisotopic (exact) mass is 1400 g/mol. The number of esters is 3. The van der Waals surface area contributed by atoms with Crippen molar-refractivity contribution >= 4 is 17.9 Å². The fraction of sp³-hybridized carbons (Fsp3) is 0.900. The molecule has 9 aliphatic rings. The first-order valence-electron chi connectivity index (χ1n) is 39.1. The molecule has 99 heavy (non-hydrogen) atoms. The largest absolute Gasteiger partial charge is 0.462 e. The quantitative estimate of drug-likeness (QED) is 0.0417. The molecule has 9 heteroatoms. The Bertz CT molecular complexity index is 2010. The first-order valence-corrected chi connectivity index (χ1v) is 39.1. The smallest absolute Gasteiger partial charge is 0.335 e. The van der Waals surface area contributed by atoms with Gasteiger partial charge in [-0.1, -0.05) is 319 Å². The molecule has 9 fully saturated rings. The Labute approximate surface area is 617 Å². The van der Waals surface area contributed by atoms with Crippen LogP contribution in [0.15, 0.2) is 36.5 Å². The molecule has 0 bridgehead atoms. The maximum absolute atomic E-state index is 11.7. The minimum Gasteiger partial charge on any atom is -0.462 e. The number of hydrogen-bond acceptors (Lipinski definition) is 9. The number of carbonyl (C=O) groups is 3. The first-order chi connectivity index (χ1) is 43.7. The third kappa shape index (κ3) is 36.9. The highest BCUT2D eigenvalue weighted by atomic mass is 16.5. The van der Waals surface area contributed by atoms with Crippen molar-refractivity contribution in [1.82, 2.24) is 0 Å². The van der Waals surface area contributed by atoms with Gasteiger partial charge in [0.1, 0.15) is 0 Å². The summed E-state index contributed by atoms with van der Waals surface area (Å²) in [6.07, 6.45) is 63.7. The minimum absolute atomic E-state index is 0. The summed E-state index contributed by atoms with van der Waals surface area (Å²) in [7, 11) is 0. The van der Waals surface area contributed by atoms with Crippen LogP contribution in [0.5, 0.6) is 0 Å². The van der Waals surface area contributed by atoms with Crippen molar-refractivity contribution in [3.05, 3.63) is 36.5 Å². The molecule has 9 saturated carbocycles. The molecule has 9 aliphatic carbocycles. The molecule has 9 nitrogen and oxygen atoms in total. The molecule has 0 atom stereocenters. The number of carbonyl (C=O) groups excluding carboxylic acids is 3. The lowest BCUT2D eigenvalue weighted by atomic mass is 9.69. The lowest BCUT2D eigenvalue weighted by Gasteiger charge is -2.37. The number of ether oxygens (including phenoxy) is 3. The maximum atomic E-state index is 11.7. The van der Waals surface area contributed by atoms with Gasteiger partial charge in [-0.15, -0.1) is 0 Å². The van der Waals surface area contributed by atoms with Crippen molar-refractivity contribution in [2.75, 3.05) is 39.6 Å². The third-order valence-corrected chi connectivity index (χ3v) is 26.2. The minimum atomic E-state index is -0.442. The van der Waals surface area contributed by atoms with E-state index >= 15 is 0 Å². The van der Waals surface area contributed by atoms with E-state index in [0.29, 0.717) is 37.6 Å². The van der Waals surface area contributed by atoms with Crippen LogP contribution in [0.2, 0.25) is 0 Å². The second kappa shape index (κ2) is 55.9. The fourth-order valence-electron chi connectivity index (χ4n) is 19.5. The Morgan fingerprint density at radius 1 is 0.232 bits per heavy atom. The van der Waals surface area contributed by atoms with Crippen LogP contribution >= 0.6 is 0 Å². The number of aliphatic hydroxyl groups is 3. The zero-order valence-corrected chi connectivity index (χ0v) is 58.4. The summed E-state index contributed by atoms with van der Waals surface area (Å²) in [4.78, 5) is 34.9. The molecular weight excluding hydrogens is 1220 g/mol. The van der Waals surface area contributed by atoms with Crippen LogP contribution in [0.3, 0.4) is 0 Å². The molecule has 588 valence electrons. The Morgan fingerprint density at radius 2 is 0.343 bits per heavy atom. The molecule has 0 aromatic carbocycles. The normalized spacial score (nSPS) is 31.8. The second-order valence-electron chi connectivity index (χ2n) is 32.7. The van der Waals surface area contributed by atoms with Crippen LogP contribution in [0.1, 0.15) is 377 Å². The summed E-state index contributed by atoms with van der Waals surface area (Å²) in [5.74, 6) is 15.0. The summed E-state index contributed by atoms with van der Waals surface area (Å²) < 4.78 is 15.9. The van der Waals surface area contributed by atoms with Crippen molar-refractivity contribution in [1.29, 1.82) is 0 Å². The van der Waals surface area contributed by atoms with E-state index in [1.165, 1.54) is 283 Å². The average Bonchev–Trinajstić information content (AvgIpc) is 1.02. The van der Waals surface area contributed by atoms with E-state index in [2.05, 4.69) is 40.5 Å². The van der Waals surface area contributed by atoms with Crippen LogP contribution < -0.4 is 0 Å². The van der Waals surface area contributed by atoms with Gasteiger partial charge in [-0.3, -0.25) is 0 Å². The molecule has 0 aromatic rings. The van der Waals surface area contributed by atoms with Gasteiger partial charge in [0.2, 0.25) is 0 Å². The fourth-order valence-corrected chi connectivity index (χ4v) is 19.5. The van der Waals surface area contributed by atoms with E-state index in [-0.39, 0.29) is 103 Å². The predicted octanol–water partition coefficient (Wildman–Crippen LogP) is 25.8. The molecule has 0 spiro atoms. The topological polar surface area (TPSA) is 140 Å². The summed E-state index contributed by atoms with van der Waals surface area (Å²) in [5, 5.41) is 26.8. The molecule has 0 aromatic heterocycles. The Kier molecular flexibility index (Phi) is 56.9. The van der Waals surface area contributed by atoms with E-state index < -0.39 is 17.9 Å². The van der Waals surface area contributed by atoms with Crippen LogP contribution in [0, 0.1) is 107 Å². The van der Waals surface area contributed by atoms with Crippen LogP contribution in [-0.2, 0) is 28.6 Å². The highest BCUT2D eigenvalue weighted by molar-refractivity contribution is 5.88. The van der Waals surface area contributed by atoms with Crippen LogP contribution in [0.4, 0.5) is 0 Å². The van der Waals surface area contributed by atoms with Crippen molar-refractivity contribution in [2.45, 2.75) is 377 Å². The lowest BCUT2D eigenvalue weighted by Crippen LogP contribution is -2.25. The molecule has 0 unspecified atom stereocenters. The zero-order chi connectivity index (χ0) is 64.0. The van der Waals surface area contributed by atoms with Gasteiger partial charge in [0, 0.05) is 0 Å². The van der Waals surface area contributed by atoms with Crippen molar-refractivity contribution in [3.8, 4) is 0 Å². The molecule has 0 amide bonds. The van der Waals surface area contributed by atoms with E-state index in [0.717, 1.165) is 88.8 Å². The van der Waals surface area contributed by atoms with E-state index in [1.54, 1.807) is 6.42 Å². The van der Waals surface area contributed by atoms with Gasteiger partial charge < -0.3 is 29.5 Å². The molecule has 0 saturated heterocycles. The van der Waals surface area contributed by atoms with Gasteiger partial charge in [0.15, 0.2) is 0 Å². The van der Waals surface area contributed by atoms with Crippen molar-refractivity contribution in [2.24, 2.45) is 107 Å². The highest BCUT2D eigenvalue weighted by Gasteiger charge is 2.34. The number of hydrogen-bond donors (Lipinski definition) is 3. The second-order valence-corrected chi connectivity index (χ2v) is 32.7. The van der Waals surface area contributed by atoms with Gasteiger partial charge in [-0.05, 0) is 184 Å². The maximum Gasteiger partial charge on any atom is 0.335 e.